The molecule has 1 aromatic rings. The van der Waals surface area contributed by atoms with E-state index in [9.17, 15) is 0 Å². The van der Waals surface area contributed by atoms with Crippen LogP contribution in [0.2, 0.25) is 0 Å². The zero-order chi connectivity index (χ0) is 11.2. The Hall–Kier alpha value is -1.22. The summed E-state index contributed by atoms with van der Waals surface area (Å²) < 4.78 is 5.31. The molecule has 0 spiro atoms. The van der Waals surface area contributed by atoms with Gasteiger partial charge >= 0.3 is 0 Å². The van der Waals surface area contributed by atoms with E-state index in [1.54, 1.807) is 0 Å². The first kappa shape index (κ1) is 9.97. The van der Waals surface area contributed by atoms with Crippen molar-refractivity contribution in [3.05, 3.63) is 23.8 Å². The third kappa shape index (κ3) is 1.55. The molecule has 3 rings (SSSR count). The van der Waals surface area contributed by atoms with Gasteiger partial charge in [0.1, 0.15) is 0 Å². The van der Waals surface area contributed by atoms with Gasteiger partial charge in [0.15, 0.2) is 0 Å². The summed E-state index contributed by atoms with van der Waals surface area (Å²) in [4.78, 5) is 2.47. The third-order valence-electron chi connectivity index (χ3n) is 3.57. The van der Waals surface area contributed by atoms with Gasteiger partial charge < -0.3 is 15.4 Å². The quantitative estimate of drug-likeness (QED) is 0.767. The Morgan fingerprint density at radius 3 is 2.94 bits per heavy atom. The molecule has 3 nitrogen and oxygen atoms in total. The molecule has 1 aromatic carbocycles. The molecule has 2 heterocycles. The minimum Gasteiger partial charge on any atom is -0.399 e. The van der Waals surface area contributed by atoms with E-state index in [0.717, 1.165) is 38.4 Å². The highest BCUT2D eigenvalue weighted by atomic mass is 16.5. The molecular weight excluding hydrogens is 200 g/mol. The lowest BCUT2D eigenvalue weighted by Gasteiger charge is -2.41. The summed E-state index contributed by atoms with van der Waals surface area (Å²) in [7, 11) is 0. The zero-order valence-electron chi connectivity index (χ0n) is 9.70. The first-order valence-electron chi connectivity index (χ1n) is 5.87. The first-order chi connectivity index (χ1) is 7.66. The van der Waals surface area contributed by atoms with Crippen molar-refractivity contribution in [3.63, 3.8) is 0 Å². The number of hydrogen-bond acceptors (Lipinski definition) is 3. The zero-order valence-corrected chi connectivity index (χ0v) is 9.70. The minimum absolute atomic E-state index is 0.350. The number of hydrogen-bond donors (Lipinski definition) is 1. The van der Waals surface area contributed by atoms with Gasteiger partial charge in [-0.25, -0.2) is 0 Å². The normalized spacial score (nSPS) is 21.7. The van der Waals surface area contributed by atoms with Crippen molar-refractivity contribution in [2.75, 3.05) is 36.9 Å². The van der Waals surface area contributed by atoms with Crippen LogP contribution in [0.4, 0.5) is 11.4 Å². The van der Waals surface area contributed by atoms with E-state index in [4.69, 9.17) is 10.5 Å². The lowest BCUT2D eigenvalue weighted by atomic mass is 9.88. The van der Waals surface area contributed by atoms with Gasteiger partial charge in [0.25, 0.3) is 0 Å². The molecule has 0 atom stereocenters. The van der Waals surface area contributed by atoms with Crippen molar-refractivity contribution >= 4 is 11.4 Å². The average Bonchev–Trinajstić information content (AvgIpc) is 2.58. The van der Waals surface area contributed by atoms with E-state index in [-0.39, 0.29) is 0 Å². The van der Waals surface area contributed by atoms with E-state index in [1.807, 2.05) is 6.07 Å². The van der Waals surface area contributed by atoms with E-state index in [2.05, 4.69) is 24.0 Å². The number of nitrogens with two attached hydrogens (primary N) is 1. The van der Waals surface area contributed by atoms with Crippen molar-refractivity contribution in [3.8, 4) is 0 Å². The summed E-state index contributed by atoms with van der Waals surface area (Å²) in [5, 5.41) is 0. The Labute approximate surface area is 96.2 Å². The molecule has 0 unspecified atom stereocenters. The lowest BCUT2D eigenvalue weighted by Crippen LogP contribution is -2.48. The van der Waals surface area contributed by atoms with Crippen molar-refractivity contribution in [1.82, 2.24) is 0 Å². The summed E-state index contributed by atoms with van der Waals surface area (Å²) >= 11 is 0. The molecule has 1 fully saturated rings. The second kappa shape index (κ2) is 3.39. The number of benzene rings is 1. The van der Waals surface area contributed by atoms with Crippen LogP contribution in [0.5, 0.6) is 0 Å². The number of rotatable bonds is 2. The molecule has 3 heteroatoms. The predicted octanol–water partition coefficient (Wildman–Crippen LogP) is 1.67. The Morgan fingerprint density at radius 1 is 1.44 bits per heavy atom. The number of fused-ring (bicyclic) bond motifs is 1. The van der Waals surface area contributed by atoms with Crippen molar-refractivity contribution in [2.24, 2.45) is 5.41 Å². The fourth-order valence-corrected chi connectivity index (χ4v) is 2.66. The molecule has 2 aliphatic rings. The van der Waals surface area contributed by atoms with Gasteiger partial charge in [-0.1, -0.05) is 6.92 Å². The van der Waals surface area contributed by atoms with Crippen molar-refractivity contribution < 1.29 is 4.74 Å². The molecule has 0 amide bonds. The third-order valence-corrected chi connectivity index (χ3v) is 3.57. The SMILES string of the molecule is CC1(CN2CCc3cc(N)ccc32)COC1. The fraction of sp³-hybridized carbons (Fsp3) is 0.538. The molecule has 2 aliphatic heterocycles. The largest absolute Gasteiger partial charge is 0.399 e. The van der Waals surface area contributed by atoms with E-state index >= 15 is 0 Å². The smallest absolute Gasteiger partial charge is 0.0559 e. The first-order valence-corrected chi connectivity index (χ1v) is 5.87. The highest BCUT2D eigenvalue weighted by Crippen LogP contribution is 2.35. The van der Waals surface area contributed by atoms with Gasteiger partial charge in [-0.05, 0) is 30.2 Å². The van der Waals surface area contributed by atoms with Gasteiger partial charge in [0.05, 0.1) is 13.2 Å². The van der Waals surface area contributed by atoms with Gasteiger partial charge in [0, 0.05) is 29.9 Å². The van der Waals surface area contributed by atoms with E-state index < -0.39 is 0 Å². The molecular formula is C13H18N2O. The van der Waals surface area contributed by atoms with Crippen LogP contribution in [0, 0.1) is 5.41 Å². The summed E-state index contributed by atoms with van der Waals surface area (Å²) in [5.41, 5.74) is 9.78. The summed E-state index contributed by atoms with van der Waals surface area (Å²) in [5.74, 6) is 0. The molecule has 86 valence electrons. The number of ether oxygens (including phenoxy) is 1. The maximum atomic E-state index is 5.80. The standard InChI is InChI=1S/C13H18N2O/c1-13(8-16-9-13)7-15-5-4-10-6-11(14)2-3-12(10)15/h2-3,6H,4-5,7-9,14H2,1H3. The molecule has 0 aromatic heterocycles. The number of anilines is 2. The maximum absolute atomic E-state index is 5.80. The molecule has 0 aliphatic carbocycles. The van der Waals surface area contributed by atoms with Crippen LogP contribution < -0.4 is 10.6 Å². The lowest BCUT2D eigenvalue weighted by molar-refractivity contribution is -0.0954. The topological polar surface area (TPSA) is 38.5 Å². The van der Waals surface area contributed by atoms with Crippen LogP contribution in [0.3, 0.4) is 0 Å². The van der Waals surface area contributed by atoms with Crippen LogP contribution in [-0.2, 0) is 11.2 Å². The van der Waals surface area contributed by atoms with E-state index in [1.165, 1.54) is 11.3 Å². The molecule has 1 saturated heterocycles. The van der Waals surface area contributed by atoms with Crippen LogP contribution in [0.25, 0.3) is 0 Å². The summed E-state index contributed by atoms with van der Waals surface area (Å²) in [6, 6.07) is 6.26. The molecule has 0 saturated carbocycles. The monoisotopic (exact) mass is 218 g/mol. The molecule has 2 N–H and O–H groups in total. The highest BCUT2D eigenvalue weighted by Gasteiger charge is 2.36. The van der Waals surface area contributed by atoms with Gasteiger partial charge in [-0.2, -0.15) is 0 Å². The van der Waals surface area contributed by atoms with Gasteiger partial charge in [0.2, 0.25) is 0 Å². The van der Waals surface area contributed by atoms with E-state index in [0.29, 0.717) is 5.41 Å². The summed E-state index contributed by atoms with van der Waals surface area (Å²) in [6.07, 6.45) is 1.12. The molecule has 0 radical (unpaired) electrons. The average molecular weight is 218 g/mol. The highest BCUT2D eigenvalue weighted by molar-refractivity contribution is 5.63. The predicted molar refractivity (Wildman–Crippen MR) is 65.7 cm³/mol. The molecule has 16 heavy (non-hydrogen) atoms. The maximum Gasteiger partial charge on any atom is 0.0559 e. The fourth-order valence-electron chi connectivity index (χ4n) is 2.66. The molecule has 0 bridgehead atoms. The second-order valence-electron chi connectivity index (χ2n) is 5.36. The Balaban J connectivity index is 1.80. The van der Waals surface area contributed by atoms with Crippen LogP contribution in [0.15, 0.2) is 18.2 Å². The number of nitrogens with zero attached hydrogens (tertiary/aromatic N) is 1. The van der Waals surface area contributed by atoms with Crippen LogP contribution >= 0.6 is 0 Å². The van der Waals surface area contributed by atoms with Gasteiger partial charge in [-0.3, -0.25) is 0 Å². The van der Waals surface area contributed by atoms with Crippen molar-refractivity contribution in [2.45, 2.75) is 13.3 Å². The number of nitrogen functional groups attached to an aromatic ring is 1. The van der Waals surface area contributed by atoms with Crippen molar-refractivity contribution in [1.29, 1.82) is 0 Å². The Kier molecular flexibility index (Phi) is 2.11. The Bertz CT molecular complexity index is 412. The Morgan fingerprint density at radius 2 is 2.25 bits per heavy atom. The second-order valence-corrected chi connectivity index (χ2v) is 5.36. The minimum atomic E-state index is 0.350. The van der Waals surface area contributed by atoms with Crippen LogP contribution in [0.1, 0.15) is 12.5 Å². The summed E-state index contributed by atoms with van der Waals surface area (Å²) in [6.45, 7) is 6.31. The van der Waals surface area contributed by atoms with Gasteiger partial charge in [-0.15, -0.1) is 0 Å². The van der Waals surface area contributed by atoms with Crippen LogP contribution in [-0.4, -0.2) is 26.3 Å².